The van der Waals surface area contributed by atoms with Crippen molar-refractivity contribution in [3.05, 3.63) is 17.8 Å². The van der Waals surface area contributed by atoms with Gasteiger partial charge < -0.3 is 16.2 Å². The van der Waals surface area contributed by atoms with Crippen molar-refractivity contribution >= 4 is 11.7 Å². The molecule has 0 saturated carbocycles. The molecule has 1 amide bonds. The van der Waals surface area contributed by atoms with Crippen molar-refractivity contribution in [1.29, 1.82) is 0 Å². The second-order valence-electron chi connectivity index (χ2n) is 2.67. The molecular weight excluding hydrogens is 184 g/mol. The summed E-state index contributed by atoms with van der Waals surface area (Å²) in [5.74, 6) is -0.0390. The summed E-state index contributed by atoms with van der Waals surface area (Å²) < 4.78 is 0. The zero-order chi connectivity index (χ0) is 10.4. The molecule has 0 radical (unpaired) electrons. The Morgan fingerprint density at radius 2 is 2.29 bits per heavy atom. The van der Waals surface area contributed by atoms with E-state index in [9.17, 15) is 4.79 Å². The number of nitrogens with zero attached hydrogens (tertiary/aromatic N) is 2. The molecule has 0 aliphatic carbocycles. The second-order valence-corrected chi connectivity index (χ2v) is 2.67. The molecule has 1 rings (SSSR count). The summed E-state index contributed by atoms with van der Waals surface area (Å²) in [6.45, 7) is 0.737. The average molecular weight is 196 g/mol. The van der Waals surface area contributed by atoms with Gasteiger partial charge in [-0.25, -0.2) is 0 Å². The van der Waals surface area contributed by atoms with E-state index in [0.29, 0.717) is 18.8 Å². The van der Waals surface area contributed by atoms with Gasteiger partial charge in [0.1, 0.15) is 5.82 Å². The predicted octanol–water partition coefficient (Wildman–Crippen LogP) is -0.630. The largest absolute Gasteiger partial charge is 0.396 e. The van der Waals surface area contributed by atoms with Crippen LogP contribution in [0.4, 0.5) is 5.82 Å². The standard InChI is InChI=1S/C8H12N4O2/c9-8(14)6-2-3-7(12-11-6)10-4-1-5-13/h2-3,13H,1,4-5H2,(H2,9,14)(H,10,12). The Labute approximate surface area is 81.1 Å². The number of hydrogen-bond acceptors (Lipinski definition) is 5. The lowest BCUT2D eigenvalue weighted by molar-refractivity contribution is 0.0994. The molecule has 0 saturated heterocycles. The van der Waals surface area contributed by atoms with Crippen LogP contribution in [0.3, 0.4) is 0 Å². The van der Waals surface area contributed by atoms with Gasteiger partial charge in [-0.05, 0) is 18.6 Å². The highest BCUT2D eigenvalue weighted by atomic mass is 16.3. The average Bonchev–Trinajstić information content (AvgIpc) is 2.19. The topological polar surface area (TPSA) is 101 Å². The van der Waals surface area contributed by atoms with Crippen molar-refractivity contribution in [2.24, 2.45) is 5.73 Å². The quantitative estimate of drug-likeness (QED) is 0.544. The van der Waals surface area contributed by atoms with Crippen LogP contribution in [0.5, 0.6) is 0 Å². The van der Waals surface area contributed by atoms with Gasteiger partial charge in [0.15, 0.2) is 5.69 Å². The number of primary amides is 1. The molecule has 0 spiro atoms. The van der Waals surface area contributed by atoms with Crippen LogP contribution in [0.25, 0.3) is 0 Å². The highest BCUT2D eigenvalue weighted by Gasteiger charge is 2.01. The van der Waals surface area contributed by atoms with E-state index in [4.69, 9.17) is 10.8 Å². The molecule has 0 aromatic carbocycles. The summed E-state index contributed by atoms with van der Waals surface area (Å²) in [5, 5.41) is 18.8. The van der Waals surface area contributed by atoms with Gasteiger partial charge in [0.2, 0.25) is 0 Å². The lowest BCUT2D eigenvalue weighted by atomic mass is 10.3. The maximum Gasteiger partial charge on any atom is 0.269 e. The number of nitrogens with one attached hydrogen (secondary N) is 1. The van der Waals surface area contributed by atoms with Gasteiger partial charge in [-0.1, -0.05) is 0 Å². The van der Waals surface area contributed by atoms with E-state index in [0.717, 1.165) is 0 Å². The fourth-order valence-electron chi connectivity index (χ4n) is 0.853. The van der Waals surface area contributed by atoms with E-state index >= 15 is 0 Å². The van der Waals surface area contributed by atoms with Crippen LogP contribution in [0.15, 0.2) is 12.1 Å². The number of aliphatic hydroxyl groups excluding tert-OH is 1. The van der Waals surface area contributed by atoms with Crippen molar-refractivity contribution in [2.75, 3.05) is 18.5 Å². The molecule has 1 aromatic rings. The van der Waals surface area contributed by atoms with Crippen LogP contribution in [0, 0.1) is 0 Å². The molecule has 0 atom stereocenters. The van der Waals surface area contributed by atoms with Crippen LogP contribution in [-0.4, -0.2) is 34.4 Å². The Hall–Kier alpha value is -1.69. The molecule has 6 nitrogen and oxygen atoms in total. The van der Waals surface area contributed by atoms with Crippen LogP contribution in [0.2, 0.25) is 0 Å². The molecule has 14 heavy (non-hydrogen) atoms. The highest BCUT2D eigenvalue weighted by molar-refractivity contribution is 5.90. The van der Waals surface area contributed by atoms with E-state index in [2.05, 4.69) is 15.5 Å². The van der Waals surface area contributed by atoms with Gasteiger partial charge in [-0.3, -0.25) is 4.79 Å². The Morgan fingerprint density at radius 1 is 1.50 bits per heavy atom. The van der Waals surface area contributed by atoms with E-state index in [1.54, 1.807) is 6.07 Å². The maximum absolute atomic E-state index is 10.6. The van der Waals surface area contributed by atoms with Gasteiger partial charge in [0.25, 0.3) is 5.91 Å². The summed E-state index contributed by atoms with van der Waals surface area (Å²) >= 11 is 0. The maximum atomic E-state index is 10.6. The number of amides is 1. The lowest BCUT2D eigenvalue weighted by Gasteiger charge is -2.02. The molecule has 1 aromatic heterocycles. The predicted molar refractivity (Wildman–Crippen MR) is 50.7 cm³/mol. The fourth-order valence-corrected chi connectivity index (χ4v) is 0.853. The molecule has 4 N–H and O–H groups in total. The van der Waals surface area contributed by atoms with Gasteiger partial charge in [-0.15, -0.1) is 10.2 Å². The summed E-state index contributed by atoms with van der Waals surface area (Å²) in [6, 6.07) is 3.11. The Balaban J connectivity index is 2.51. The first-order valence-electron chi connectivity index (χ1n) is 4.22. The third-order valence-electron chi connectivity index (χ3n) is 1.56. The van der Waals surface area contributed by atoms with Gasteiger partial charge in [-0.2, -0.15) is 0 Å². The Bertz CT molecular complexity index is 299. The smallest absolute Gasteiger partial charge is 0.269 e. The first kappa shape index (κ1) is 10.4. The molecule has 0 aliphatic rings. The first-order valence-corrected chi connectivity index (χ1v) is 4.22. The summed E-state index contributed by atoms with van der Waals surface area (Å²) in [6.07, 6.45) is 0.638. The van der Waals surface area contributed by atoms with E-state index in [1.807, 2.05) is 0 Å². The zero-order valence-corrected chi connectivity index (χ0v) is 7.60. The summed E-state index contributed by atoms with van der Waals surface area (Å²) in [7, 11) is 0. The lowest BCUT2D eigenvalue weighted by Crippen LogP contribution is -2.14. The minimum atomic E-state index is -0.598. The number of carbonyl (C=O) groups is 1. The van der Waals surface area contributed by atoms with E-state index in [-0.39, 0.29) is 12.3 Å². The van der Waals surface area contributed by atoms with Crippen molar-refractivity contribution in [3.63, 3.8) is 0 Å². The SMILES string of the molecule is NC(=O)c1ccc(NCCCO)nn1. The number of aliphatic hydroxyl groups is 1. The molecule has 0 aliphatic heterocycles. The van der Waals surface area contributed by atoms with Crippen molar-refractivity contribution in [2.45, 2.75) is 6.42 Å². The molecular formula is C8H12N4O2. The van der Waals surface area contributed by atoms with Crippen LogP contribution in [-0.2, 0) is 0 Å². The zero-order valence-electron chi connectivity index (χ0n) is 7.60. The number of carbonyl (C=O) groups excluding carboxylic acids is 1. The van der Waals surface area contributed by atoms with Gasteiger partial charge in [0.05, 0.1) is 0 Å². The molecule has 0 unspecified atom stereocenters. The van der Waals surface area contributed by atoms with Crippen LogP contribution in [0.1, 0.15) is 16.9 Å². The van der Waals surface area contributed by atoms with E-state index < -0.39 is 5.91 Å². The third kappa shape index (κ3) is 2.98. The Morgan fingerprint density at radius 3 is 2.79 bits per heavy atom. The van der Waals surface area contributed by atoms with Crippen LogP contribution < -0.4 is 11.1 Å². The fraction of sp³-hybridized carbons (Fsp3) is 0.375. The monoisotopic (exact) mass is 196 g/mol. The van der Waals surface area contributed by atoms with Crippen LogP contribution >= 0.6 is 0 Å². The molecule has 6 heteroatoms. The number of anilines is 1. The van der Waals surface area contributed by atoms with Crippen molar-refractivity contribution < 1.29 is 9.90 Å². The third-order valence-corrected chi connectivity index (χ3v) is 1.56. The molecule has 76 valence electrons. The summed E-state index contributed by atoms with van der Waals surface area (Å²) in [4.78, 5) is 10.6. The number of hydrogen-bond donors (Lipinski definition) is 3. The minimum absolute atomic E-state index is 0.125. The number of nitrogens with two attached hydrogens (primary N) is 1. The normalized spacial score (nSPS) is 9.79. The van der Waals surface area contributed by atoms with Crippen molar-refractivity contribution in [1.82, 2.24) is 10.2 Å². The van der Waals surface area contributed by atoms with Gasteiger partial charge >= 0.3 is 0 Å². The Kier molecular flexibility index (Phi) is 3.81. The van der Waals surface area contributed by atoms with Gasteiger partial charge in [0, 0.05) is 13.2 Å². The van der Waals surface area contributed by atoms with Crippen molar-refractivity contribution in [3.8, 4) is 0 Å². The molecule has 0 bridgehead atoms. The second kappa shape index (κ2) is 5.13. The van der Waals surface area contributed by atoms with E-state index in [1.165, 1.54) is 6.07 Å². The summed E-state index contributed by atoms with van der Waals surface area (Å²) in [5.41, 5.74) is 5.13. The number of aromatic nitrogens is 2. The first-order chi connectivity index (χ1) is 6.74. The highest BCUT2D eigenvalue weighted by Crippen LogP contribution is 2.00. The minimum Gasteiger partial charge on any atom is -0.396 e. The molecule has 1 heterocycles. The molecule has 0 fully saturated rings. The number of rotatable bonds is 5.